The number of hydrogen-bond donors (Lipinski definition) is 0. The van der Waals surface area contributed by atoms with Crippen LogP contribution < -0.4 is 0 Å². The first-order valence-electron chi connectivity index (χ1n) is 4.73. The lowest BCUT2D eigenvalue weighted by atomic mass is 9.83. The largest absolute Gasteiger partial charge is 0.371 e. The van der Waals surface area contributed by atoms with Gasteiger partial charge in [-0.1, -0.05) is 31.4 Å². The van der Waals surface area contributed by atoms with Crippen LogP contribution in [-0.2, 0) is 4.74 Å². The van der Waals surface area contributed by atoms with E-state index in [4.69, 9.17) is 4.74 Å². The van der Waals surface area contributed by atoms with Crippen LogP contribution in [0.4, 0.5) is 0 Å². The van der Waals surface area contributed by atoms with Gasteiger partial charge in [0.15, 0.2) is 0 Å². The minimum absolute atomic E-state index is 0.177. The summed E-state index contributed by atoms with van der Waals surface area (Å²) in [6.07, 6.45) is 12.3. The maximum atomic E-state index is 5.82. The Balaban J connectivity index is 2.06. The van der Waals surface area contributed by atoms with E-state index in [2.05, 4.69) is 12.2 Å². The lowest BCUT2D eigenvalue weighted by Gasteiger charge is -2.36. The van der Waals surface area contributed by atoms with Gasteiger partial charge in [0, 0.05) is 0 Å². The SMILES string of the molecule is C1=CC2(CCCCC2)OCC1. The van der Waals surface area contributed by atoms with E-state index >= 15 is 0 Å². The molecule has 0 aromatic heterocycles. The van der Waals surface area contributed by atoms with Gasteiger partial charge in [0.05, 0.1) is 12.2 Å². The van der Waals surface area contributed by atoms with Crippen molar-refractivity contribution in [2.45, 2.75) is 44.1 Å². The summed E-state index contributed by atoms with van der Waals surface area (Å²) in [5.41, 5.74) is 0.177. The molecule has 1 saturated carbocycles. The van der Waals surface area contributed by atoms with Crippen molar-refractivity contribution < 1.29 is 4.74 Å². The van der Waals surface area contributed by atoms with Crippen LogP contribution in [0.5, 0.6) is 0 Å². The van der Waals surface area contributed by atoms with Gasteiger partial charge in [-0.15, -0.1) is 0 Å². The van der Waals surface area contributed by atoms with Crippen LogP contribution in [0, 0.1) is 0 Å². The minimum Gasteiger partial charge on any atom is -0.371 e. The monoisotopic (exact) mass is 152 g/mol. The van der Waals surface area contributed by atoms with Gasteiger partial charge in [0.2, 0.25) is 0 Å². The molecule has 0 saturated heterocycles. The Morgan fingerprint density at radius 3 is 2.55 bits per heavy atom. The van der Waals surface area contributed by atoms with E-state index in [1.807, 2.05) is 0 Å². The normalized spacial score (nSPS) is 29.1. The third kappa shape index (κ3) is 1.48. The molecule has 1 fully saturated rings. The smallest absolute Gasteiger partial charge is 0.0862 e. The molecule has 0 unspecified atom stereocenters. The van der Waals surface area contributed by atoms with E-state index in [9.17, 15) is 0 Å². The molecule has 0 aromatic rings. The van der Waals surface area contributed by atoms with Gasteiger partial charge in [-0.2, -0.15) is 0 Å². The Morgan fingerprint density at radius 2 is 1.91 bits per heavy atom. The van der Waals surface area contributed by atoms with Crippen molar-refractivity contribution in [2.75, 3.05) is 6.61 Å². The second-order valence-corrected chi connectivity index (χ2v) is 3.66. The Labute approximate surface area is 68.4 Å². The summed E-state index contributed by atoms with van der Waals surface area (Å²) in [5, 5.41) is 0. The first kappa shape index (κ1) is 7.35. The molecule has 1 heteroatoms. The van der Waals surface area contributed by atoms with Crippen LogP contribution in [-0.4, -0.2) is 12.2 Å². The summed E-state index contributed by atoms with van der Waals surface area (Å²) in [6, 6.07) is 0. The molecule has 0 amide bonds. The molecule has 2 aliphatic rings. The molecule has 1 nitrogen and oxygen atoms in total. The van der Waals surface area contributed by atoms with Gasteiger partial charge < -0.3 is 4.74 Å². The maximum absolute atomic E-state index is 5.82. The zero-order valence-electron chi connectivity index (χ0n) is 7.01. The third-order valence-corrected chi connectivity index (χ3v) is 2.80. The van der Waals surface area contributed by atoms with Crippen LogP contribution >= 0.6 is 0 Å². The van der Waals surface area contributed by atoms with Crippen molar-refractivity contribution in [2.24, 2.45) is 0 Å². The van der Waals surface area contributed by atoms with E-state index in [1.165, 1.54) is 32.1 Å². The third-order valence-electron chi connectivity index (χ3n) is 2.80. The van der Waals surface area contributed by atoms with Gasteiger partial charge in [-0.05, 0) is 19.3 Å². The molecule has 0 atom stereocenters. The first-order valence-corrected chi connectivity index (χ1v) is 4.73. The zero-order chi connectivity index (χ0) is 7.57. The predicted molar refractivity (Wildman–Crippen MR) is 45.5 cm³/mol. The molecule has 1 spiro atoms. The molecular weight excluding hydrogens is 136 g/mol. The molecule has 0 radical (unpaired) electrons. The standard InChI is InChI=1S/C10H16O/c1-2-6-10(7-3-1)8-4-5-9-11-10/h4,8H,1-3,5-7,9H2. The maximum Gasteiger partial charge on any atom is 0.0862 e. The van der Waals surface area contributed by atoms with Crippen molar-refractivity contribution in [3.05, 3.63) is 12.2 Å². The van der Waals surface area contributed by atoms with E-state index in [-0.39, 0.29) is 5.60 Å². The highest BCUT2D eigenvalue weighted by atomic mass is 16.5. The fourth-order valence-electron chi connectivity index (χ4n) is 2.14. The summed E-state index contributed by atoms with van der Waals surface area (Å²) in [7, 11) is 0. The van der Waals surface area contributed by atoms with Crippen LogP contribution in [0.3, 0.4) is 0 Å². The average molecular weight is 152 g/mol. The van der Waals surface area contributed by atoms with Crippen molar-refractivity contribution in [3.8, 4) is 0 Å². The number of ether oxygens (including phenoxy) is 1. The molecule has 0 aromatic carbocycles. The molecule has 11 heavy (non-hydrogen) atoms. The highest BCUT2D eigenvalue weighted by molar-refractivity contribution is 5.06. The highest BCUT2D eigenvalue weighted by Gasteiger charge is 2.31. The highest BCUT2D eigenvalue weighted by Crippen LogP contribution is 2.34. The molecule has 0 bridgehead atoms. The molecule has 0 N–H and O–H groups in total. The molecule has 62 valence electrons. The fourth-order valence-corrected chi connectivity index (χ4v) is 2.14. The van der Waals surface area contributed by atoms with Crippen molar-refractivity contribution >= 4 is 0 Å². The van der Waals surface area contributed by atoms with Gasteiger partial charge in [-0.25, -0.2) is 0 Å². The summed E-state index contributed by atoms with van der Waals surface area (Å²) < 4.78 is 5.82. The Bertz CT molecular complexity index is 154. The number of hydrogen-bond acceptors (Lipinski definition) is 1. The summed E-state index contributed by atoms with van der Waals surface area (Å²) in [5.74, 6) is 0. The Hall–Kier alpha value is -0.300. The van der Waals surface area contributed by atoms with Crippen molar-refractivity contribution in [3.63, 3.8) is 0 Å². The Morgan fingerprint density at radius 1 is 1.09 bits per heavy atom. The van der Waals surface area contributed by atoms with Gasteiger partial charge in [0.25, 0.3) is 0 Å². The van der Waals surface area contributed by atoms with Gasteiger partial charge >= 0.3 is 0 Å². The summed E-state index contributed by atoms with van der Waals surface area (Å²) >= 11 is 0. The topological polar surface area (TPSA) is 9.23 Å². The average Bonchev–Trinajstić information content (AvgIpc) is 2.07. The predicted octanol–water partition coefficient (Wildman–Crippen LogP) is 2.67. The lowest BCUT2D eigenvalue weighted by Crippen LogP contribution is -2.34. The Kier molecular flexibility index (Phi) is 1.99. The fraction of sp³-hybridized carbons (Fsp3) is 0.800. The molecular formula is C10H16O. The van der Waals surface area contributed by atoms with E-state index < -0.39 is 0 Å². The first-order chi connectivity index (χ1) is 5.41. The van der Waals surface area contributed by atoms with Crippen molar-refractivity contribution in [1.82, 2.24) is 0 Å². The summed E-state index contributed by atoms with van der Waals surface area (Å²) in [4.78, 5) is 0. The van der Waals surface area contributed by atoms with E-state index in [0.29, 0.717) is 0 Å². The van der Waals surface area contributed by atoms with Crippen LogP contribution in [0.1, 0.15) is 38.5 Å². The minimum atomic E-state index is 0.177. The van der Waals surface area contributed by atoms with Crippen molar-refractivity contribution in [1.29, 1.82) is 0 Å². The van der Waals surface area contributed by atoms with Gasteiger partial charge in [0.1, 0.15) is 0 Å². The second kappa shape index (κ2) is 2.98. The lowest BCUT2D eigenvalue weighted by molar-refractivity contribution is -0.0386. The van der Waals surface area contributed by atoms with E-state index in [1.54, 1.807) is 0 Å². The van der Waals surface area contributed by atoms with Crippen LogP contribution in [0.2, 0.25) is 0 Å². The van der Waals surface area contributed by atoms with Gasteiger partial charge in [-0.3, -0.25) is 0 Å². The summed E-state index contributed by atoms with van der Waals surface area (Å²) in [6.45, 7) is 0.941. The molecule has 2 rings (SSSR count). The zero-order valence-corrected chi connectivity index (χ0v) is 7.01. The van der Waals surface area contributed by atoms with E-state index in [0.717, 1.165) is 13.0 Å². The molecule has 1 aliphatic carbocycles. The quantitative estimate of drug-likeness (QED) is 0.485. The number of rotatable bonds is 0. The van der Waals surface area contributed by atoms with Crippen LogP contribution in [0.25, 0.3) is 0 Å². The second-order valence-electron chi connectivity index (χ2n) is 3.66. The molecule has 1 heterocycles. The van der Waals surface area contributed by atoms with Crippen LogP contribution in [0.15, 0.2) is 12.2 Å². The molecule has 1 aliphatic heterocycles.